The molecule has 144 valence electrons. The first-order chi connectivity index (χ1) is 13.4. The summed E-state index contributed by atoms with van der Waals surface area (Å²) in [6, 6.07) is 5.15. The van der Waals surface area contributed by atoms with Crippen LogP contribution in [0.4, 0.5) is 0 Å². The summed E-state index contributed by atoms with van der Waals surface area (Å²) in [4.78, 5) is 42.3. The molecule has 0 spiro atoms. The second kappa shape index (κ2) is 6.22. The largest absolute Gasteiger partial charge is 0.493 e. The normalized spacial score (nSPS) is 12.8. The molecule has 0 amide bonds. The maximum Gasteiger partial charge on any atom is 0.341 e. The summed E-state index contributed by atoms with van der Waals surface area (Å²) in [5.41, 5.74) is 0.432. The van der Waals surface area contributed by atoms with Gasteiger partial charge in [0.2, 0.25) is 0 Å². The molecule has 28 heavy (non-hydrogen) atoms. The van der Waals surface area contributed by atoms with Gasteiger partial charge in [-0.05, 0) is 6.07 Å². The van der Waals surface area contributed by atoms with E-state index in [1.165, 1.54) is 32.9 Å². The Hall–Kier alpha value is -3.62. The third kappa shape index (κ3) is 2.25. The molecule has 0 unspecified atom stereocenters. The molecule has 3 heterocycles. The zero-order valence-corrected chi connectivity index (χ0v) is 15.7. The first-order valence-corrected chi connectivity index (χ1v) is 8.41. The van der Waals surface area contributed by atoms with Crippen LogP contribution in [-0.2, 0) is 25.4 Å². The van der Waals surface area contributed by atoms with Crippen molar-refractivity contribution in [3.8, 4) is 22.6 Å². The average molecular weight is 383 g/mol. The van der Waals surface area contributed by atoms with E-state index in [-0.39, 0.29) is 23.2 Å². The zero-order chi connectivity index (χ0) is 20.2. The third-order valence-corrected chi connectivity index (χ3v) is 4.88. The molecule has 9 nitrogen and oxygen atoms in total. The van der Waals surface area contributed by atoms with Gasteiger partial charge in [0.05, 0.1) is 30.9 Å². The standard InChI is InChI=1S/C19H17N3O6/c1-21-16-14(17(23)22(2)19(21)25)12(13-10(20-16)8-28-18(13)24)9-6-5-7-11(26-3)15(9)27-4/h5-7H,8H2,1-4H3. The fourth-order valence-electron chi connectivity index (χ4n) is 3.52. The van der Waals surface area contributed by atoms with Gasteiger partial charge in [0, 0.05) is 25.2 Å². The maximum absolute atomic E-state index is 13.0. The molecule has 0 atom stereocenters. The van der Waals surface area contributed by atoms with Crippen LogP contribution < -0.4 is 20.7 Å². The second-order valence-electron chi connectivity index (χ2n) is 6.33. The molecule has 1 aromatic carbocycles. The Balaban J connectivity index is 2.30. The number of carbonyl (C=O) groups is 1. The molecule has 3 aromatic rings. The Kier molecular flexibility index (Phi) is 3.95. The van der Waals surface area contributed by atoms with E-state index in [1.54, 1.807) is 18.2 Å². The summed E-state index contributed by atoms with van der Waals surface area (Å²) in [7, 11) is 5.86. The van der Waals surface area contributed by atoms with Crippen molar-refractivity contribution in [2.24, 2.45) is 14.1 Å². The van der Waals surface area contributed by atoms with Gasteiger partial charge in [-0.15, -0.1) is 0 Å². The second-order valence-corrected chi connectivity index (χ2v) is 6.33. The summed E-state index contributed by atoms with van der Waals surface area (Å²) < 4.78 is 18.3. The minimum Gasteiger partial charge on any atom is -0.493 e. The van der Waals surface area contributed by atoms with Crippen LogP contribution in [0.5, 0.6) is 11.5 Å². The van der Waals surface area contributed by atoms with E-state index in [9.17, 15) is 14.4 Å². The van der Waals surface area contributed by atoms with E-state index in [1.807, 2.05) is 0 Å². The van der Waals surface area contributed by atoms with Gasteiger partial charge in [-0.1, -0.05) is 12.1 Å². The van der Waals surface area contributed by atoms with Crippen molar-refractivity contribution in [3.63, 3.8) is 0 Å². The van der Waals surface area contributed by atoms with Crippen molar-refractivity contribution in [2.75, 3.05) is 14.2 Å². The molecule has 4 rings (SSSR count). The molecule has 9 heteroatoms. The fraction of sp³-hybridized carbons (Fsp3) is 0.263. The van der Waals surface area contributed by atoms with Crippen LogP contribution in [0.2, 0.25) is 0 Å². The zero-order valence-electron chi connectivity index (χ0n) is 15.7. The number of hydrogen-bond acceptors (Lipinski definition) is 7. The number of ether oxygens (including phenoxy) is 3. The van der Waals surface area contributed by atoms with Crippen LogP contribution in [0.15, 0.2) is 27.8 Å². The monoisotopic (exact) mass is 383 g/mol. The van der Waals surface area contributed by atoms with Gasteiger partial charge < -0.3 is 14.2 Å². The molecular formula is C19H17N3O6. The molecule has 2 aromatic heterocycles. The van der Waals surface area contributed by atoms with Crippen molar-refractivity contribution < 1.29 is 19.0 Å². The first-order valence-electron chi connectivity index (χ1n) is 8.41. The van der Waals surface area contributed by atoms with Gasteiger partial charge in [-0.2, -0.15) is 0 Å². The van der Waals surface area contributed by atoms with Crippen LogP contribution in [0, 0.1) is 0 Å². The maximum atomic E-state index is 13.0. The lowest BCUT2D eigenvalue weighted by molar-refractivity contribution is 0.0534. The van der Waals surface area contributed by atoms with Gasteiger partial charge in [0.25, 0.3) is 5.56 Å². The minimum atomic E-state index is -0.583. The van der Waals surface area contributed by atoms with E-state index >= 15 is 0 Å². The van der Waals surface area contributed by atoms with E-state index < -0.39 is 17.2 Å². The molecule has 0 radical (unpaired) electrons. The average Bonchev–Trinajstić information content (AvgIpc) is 3.09. The Labute approximate surface area is 158 Å². The van der Waals surface area contributed by atoms with Crippen LogP contribution in [-0.4, -0.2) is 34.3 Å². The Morgan fingerprint density at radius 1 is 1.04 bits per heavy atom. The lowest BCUT2D eigenvalue weighted by Gasteiger charge is -2.17. The van der Waals surface area contributed by atoms with Gasteiger partial charge in [0.1, 0.15) is 12.3 Å². The number of benzene rings is 1. The number of rotatable bonds is 3. The highest BCUT2D eigenvalue weighted by atomic mass is 16.5. The van der Waals surface area contributed by atoms with Crippen molar-refractivity contribution in [1.82, 2.24) is 14.1 Å². The van der Waals surface area contributed by atoms with Gasteiger partial charge in [-0.25, -0.2) is 14.6 Å². The lowest BCUT2D eigenvalue weighted by Crippen LogP contribution is -2.37. The molecule has 0 fully saturated rings. The molecule has 0 N–H and O–H groups in total. The van der Waals surface area contributed by atoms with Gasteiger partial charge in [0.15, 0.2) is 11.5 Å². The minimum absolute atomic E-state index is 0.0349. The summed E-state index contributed by atoms with van der Waals surface area (Å²) in [6.07, 6.45) is 0. The van der Waals surface area contributed by atoms with Crippen molar-refractivity contribution in [3.05, 3.63) is 50.3 Å². The predicted molar refractivity (Wildman–Crippen MR) is 99.9 cm³/mol. The van der Waals surface area contributed by atoms with E-state index in [4.69, 9.17) is 14.2 Å². The van der Waals surface area contributed by atoms with E-state index in [0.717, 1.165) is 4.57 Å². The number of aryl methyl sites for hydroxylation is 1. The number of esters is 1. The SMILES string of the molecule is COc1cccc(-c2c3c(nc4c2c(=O)n(C)c(=O)n4C)COC3=O)c1OC. The van der Waals surface area contributed by atoms with Crippen molar-refractivity contribution in [1.29, 1.82) is 0 Å². The molecule has 0 saturated heterocycles. The predicted octanol–water partition coefficient (Wildman–Crippen LogP) is 0.987. The number of para-hydroxylation sites is 1. The van der Waals surface area contributed by atoms with E-state index in [0.29, 0.717) is 28.3 Å². The van der Waals surface area contributed by atoms with Crippen LogP contribution in [0.25, 0.3) is 22.2 Å². The number of pyridine rings is 1. The highest BCUT2D eigenvalue weighted by Gasteiger charge is 2.33. The van der Waals surface area contributed by atoms with Crippen LogP contribution in [0.3, 0.4) is 0 Å². The number of carbonyl (C=O) groups excluding carboxylic acids is 1. The fourth-order valence-corrected chi connectivity index (χ4v) is 3.52. The topological polar surface area (TPSA) is 102 Å². The quantitative estimate of drug-likeness (QED) is 0.622. The molecule has 0 bridgehead atoms. The molecular weight excluding hydrogens is 366 g/mol. The number of nitrogens with zero attached hydrogens (tertiary/aromatic N) is 3. The number of methoxy groups -OCH3 is 2. The van der Waals surface area contributed by atoms with Crippen LogP contribution >= 0.6 is 0 Å². The summed E-state index contributed by atoms with van der Waals surface area (Å²) in [5, 5.41) is 0.133. The van der Waals surface area contributed by atoms with Crippen LogP contribution in [0.1, 0.15) is 16.1 Å². The molecule has 1 aliphatic heterocycles. The number of cyclic esters (lactones) is 1. The molecule has 1 aliphatic rings. The Bertz CT molecular complexity index is 1270. The first kappa shape index (κ1) is 17.8. The Morgan fingerprint density at radius 2 is 1.79 bits per heavy atom. The summed E-state index contributed by atoms with van der Waals surface area (Å²) in [6.45, 7) is -0.0349. The highest BCUT2D eigenvalue weighted by molar-refractivity contribution is 6.09. The van der Waals surface area contributed by atoms with E-state index in [2.05, 4.69) is 4.98 Å². The Morgan fingerprint density at radius 3 is 2.46 bits per heavy atom. The molecule has 0 aliphatic carbocycles. The van der Waals surface area contributed by atoms with Crippen molar-refractivity contribution >= 4 is 17.0 Å². The van der Waals surface area contributed by atoms with Gasteiger partial charge in [-0.3, -0.25) is 13.9 Å². The highest BCUT2D eigenvalue weighted by Crippen LogP contribution is 2.43. The molecule has 0 saturated carbocycles. The summed E-state index contributed by atoms with van der Waals surface area (Å²) >= 11 is 0. The van der Waals surface area contributed by atoms with Gasteiger partial charge >= 0.3 is 11.7 Å². The number of hydrogen-bond donors (Lipinski definition) is 0. The smallest absolute Gasteiger partial charge is 0.341 e. The number of fused-ring (bicyclic) bond motifs is 2. The van der Waals surface area contributed by atoms with Crippen molar-refractivity contribution in [2.45, 2.75) is 6.61 Å². The lowest BCUT2D eigenvalue weighted by atomic mass is 9.95. The third-order valence-electron chi connectivity index (χ3n) is 4.88. The number of aromatic nitrogens is 3. The summed E-state index contributed by atoms with van der Waals surface area (Å²) in [5.74, 6) is 0.210.